The van der Waals surface area contributed by atoms with Crippen LogP contribution in [0.4, 0.5) is 0 Å². The molecule has 0 saturated carbocycles. The summed E-state index contributed by atoms with van der Waals surface area (Å²) >= 11 is 0. The standard InChI is InChI=1S/C7H13O4/c1-3-6(7(9)10)11-4-5(2)8/h5-6,8H,2-4H2,1H3,(H,9,10). The molecule has 0 saturated heterocycles. The zero-order chi connectivity index (χ0) is 8.85. The molecule has 0 fully saturated rings. The molecule has 0 aliphatic rings. The number of aliphatic carboxylic acids is 1. The molecule has 0 bridgehead atoms. The molecule has 1 radical (unpaired) electrons. The molecular formula is C7H13O4. The van der Waals surface area contributed by atoms with Crippen molar-refractivity contribution in [1.82, 2.24) is 0 Å². The molecule has 0 aromatic rings. The van der Waals surface area contributed by atoms with Gasteiger partial charge in [0.1, 0.15) is 0 Å². The van der Waals surface area contributed by atoms with E-state index in [1.165, 1.54) is 0 Å². The fourth-order valence-corrected chi connectivity index (χ4v) is 0.591. The summed E-state index contributed by atoms with van der Waals surface area (Å²) in [6.07, 6.45) is -1.29. The lowest BCUT2D eigenvalue weighted by molar-refractivity contribution is -0.151. The Hall–Kier alpha value is -0.610. The highest BCUT2D eigenvalue weighted by Crippen LogP contribution is 1.98. The van der Waals surface area contributed by atoms with Crippen molar-refractivity contribution in [3.05, 3.63) is 6.92 Å². The third-order valence-corrected chi connectivity index (χ3v) is 1.14. The minimum atomic E-state index is -1.01. The number of aliphatic hydroxyl groups is 1. The van der Waals surface area contributed by atoms with Crippen molar-refractivity contribution < 1.29 is 19.7 Å². The van der Waals surface area contributed by atoms with Gasteiger partial charge in [-0.05, 0) is 13.3 Å². The Bertz CT molecular complexity index is 122. The molecule has 0 aromatic carbocycles. The van der Waals surface area contributed by atoms with Crippen LogP contribution in [0.1, 0.15) is 13.3 Å². The molecule has 11 heavy (non-hydrogen) atoms. The molecule has 4 heteroatoms. The number of aliphatic hydroxyl groups excluding tert-OH is 1. The lowest BCUT2D eigenvalue weighted by Crippen LogP contribution is -2.26. The highest BCUT2D eigenvalue weighted by atomic mass is 16.5. The molecule has 0 rings (SSSR count). The summed E-state index contributed by atoms with van der Waals surface area (Å²) in [5.74, 6) is -1.01. The molecule has 65 valence electrons. The number of hydrogen-bond donors (Lipinski definition) is 2. The second kappa shape index (κ2) is 5.09. The van der Waals surface area contributed by atoms with E-state index in [0.717, 1.165) is 0 Å². The second-order valence-electron chi connectivity index (χ2n) is 2.22. The number of ether oxygens (including phenoxy) is 1. The highest BCUT2D eigenvalue weighted by molar-refractivity contribution is 5.72. The Labute approximate surface area is 65.8 Å². The Kier molecular flexibility index (Phi) is 4.81. The Morgan fingerprint density at radius 1 is 1.73 bits per heavy atom. The van der Waals surface area contributed by atoms with Crippen molar-refractivity contribution in [3.8, 4) is 0 Å². The minimum absolute atomic E-state index is 0.0369. The summed E-state index contributed by atoms with van der Waals surface area (Å²) in [7, 11) is 0. The normalized spacial score (nSPS) is 15.9. The molecule has 2 N–H and O–H groups in total. The predicted molar refractivity (Wildman–Crippen MR) is 39.0 cm³/mol. The largest absolute Gasteiger partial charge is 0.479 e. The third-order valence-electron chi connectivity index (χ3n) is 1.14. The Morgan fingerprint density at radius 3 is 2.55 bits per heavy atom. The van der Waals surface area contributed by atoms with Crippen LogP contribution in [0, 0.1) is 6.92 Å². The number of carboxylic acid groups (broad SMARTS) is 1. The summed E-state index contributed by atoms with van der Waals surface area (Å²) in [5, 5.41) is 17.1. The lowest BCUT2D eigenvalue weighted by Gasteiger charge is -2.11. The fraction of sp³-hybridized carbons (Fsp3) is 0.714. The monoisotopic (exact) mass is 161 g/mol. The molecule has 0 heterocycles. The maximum Gasteiger partial charge on any atom is 0.332 e. The molecule has 0 aliphatic carbocycles. The summed E-state index contributed by atoms with van der Waals surface area (Å²) in [5.41, 5.74) is 0. The third kappa shape index (κ3) is 4.75. The van der Waals surface area contributed by atoms with E-state index >= 15 is 0 Å². The smallest absolute Gasteiger partial charge is 0.332 e. The molecule has 0 aromatic heterocycles. The number of rotatable bonds is 5. The van der Waals surface area contributed by atoms with Crippen molar-refractivity contribution in [2.45, 2.75) is 25.6 Å². The first-order valence-corrected chi connectivity index (χ1v) is 3.43. The summed E-state index contributed by atoms with van der Waals surface area (Å²) < 4.78 is 4.80. The van der Waals surface area contributed by atoms with Crippen LogP contribution in [0.3, 0.4) is 0 Å². The SMILES string of the molecule is [CH2]C(O)COC(CC)C(=O)O. The van der Waals surface area contributed by atoms with Crippen LogP contribution in [0.5, 0.6) is 0 Å². The molecule has 2 atom stereocenters. The maximum atomic E-state index is 10.3. The molecule has 0 amide bonds. The number of hydrogen-bond acceptors (Lipinski definition) is 3. The zero-order valence-electron chi connectivity index (χ0n) is 6.49. The van der Waals surface area contributed by atoms with Gasteiger partial charge in [-0.15, -0.1) is 0 Å². The van der Waals surface area contributed by atoms with Crippen molar-refractivity contribution in [2.75, 3.05) is 6.61 Å². The zero-order valence-corrected chi connectivity index (χ0v) is 6.49. The van der Waals surface area contributed by atoms with Gasteiger partial charge in [-0.3, -0.25) is 0 Å². The summed E-state index contributed by atoms with van der Waals surface area (Å²) in [4.78, 5) is 10.3. The lowest BCUT2D eigenvalue weighted by atomic mass is 10.3. The van der Waals surface area contributed by atoms with Crippen LogP contribution in [0.15, 0.2) is 0 Å². The van der Waals surface area contributed by atoms with Crippen LogP contribution in [-0.4, -0.2) is 35.0 Å². The Balaban J connectivity index is 3.61. The van der Waals surface area contributed by atoms with Gasteiger partial charge in [0, 0.05) is 0 Å². The van der Waals surface area contributed by atoms with Crippen LogP contribution in [-0.2, 0) is 9.53 Å². The Morgan fingerprint density at radius 2 is 2.27 bits per heavy atom. The first-order chi connectivity index (χ1) is 5.07. The van der Waals surface area contributed by atoms with Gasteiger partial charge in [-0.1, -0.05) is 6.92 Å². The number of carbonyl (C=O) groups is 1. The van der Waals surface area contributed by atoms with Gasteiger partial charge in [0.15, 0.2) is 6.10 Å². The topological polar surface area (TPSA) is 66.8 Å². The van der Waals surface area contributed by atoms with E-state index in [0.29, 0.717) is 6.42 Å². The van der Waals surface area contributed by atoms with Gasteiger partial charge < -0.3 is 14.9 Å². The van der Waals surface area contributed by atoms with Crippen molar-refractivity contribution >= 4 is 5.97 Å². The molecular weight excluding hydrogens is 148 g/mol. The van der Waals surface area contributed by atoms with Crippen molar-refractivity contribution in [3.63, 3.8) is 0 Å². The number of carboxylic acids is 1. The predicted octanol–water partition coefficient (Wildman–Crippen LogP) is 0.0612. The average Bonchev–Trinajstić information content (AvgIpc) is 1.87. The van der Waals surface area contributed by atoms with E-state index in [2.05, 4.69) is 6.92 Å². The average molecular weight is 161 g/mol. The molecule has 0 aliphatic heterocycles. The first kappa shape index (κ1) is 10.4. The summed E-state index contributed by atoms with van der Waals surface area (Å²) in [6.45, 7) is 4.91. The van der Waals surface area contributed by atoms with E-state index < -0.39 is 18.2 Å². The molecule has 0 spiro atoms. The second-order valence-corrected chi connectivity index (χ2v) is 2.22. The van der Waals surface area contributed by atoms with Crippen LogP contribution >= 0.6 is 0 Å². The van der Waals surface area contributed by atoms with Gasteiger partial charge in [0.05, 0.1) is 12.7 Å². The maximum absolute atomic E-state index is 10.3. The van der Waals surface area contributed by atoms with E-state index in [9.17, 15) is 4.79 Å². The fourth-order valence-electron chi connectivity index (χ4n) is 0.591. The van der Waals surface area contributed by atoms with Gasteiger partial charge in [0.2, 0.25) is 0 Å². The van der Waals surface area contributed by atoms with Gasteiger partial charge in [0.25, 0.3) is 0 Å². The first-order valence-electron chi connectivity index (χ1n) is 3.43. The van der Waals surface area contributed by atoms with Crippen LogP contribution in [0.2, 0.25) is 0 Å². The van der Waals surface area contributed by atoms with Crippen molar-refractivity contribution in [2.24, 2.45) is 0 Å². The van der Waals surface area contributed by atoms with Crippen LogP contribution < -0.4 is 0 Å². The quantitative estimate of drug-likeness (QED) is 0.598. The summed E-state index contributed by atoms with van der Waals surface area (Å²) in [6, 6.07) is 0. The van der Waals surface area contributed by atoms with E-state index in [1.54, 1.807) is 6.92 Å². The molecule has 2 unspecified atom stereocenters. The van der Waals surface area contributed by atoms with E-state index in [1.807, 2.05) is 0 Å². The van der Waals surface area contributed by atoms with E-state index in [4.69, 9.17) is 14.9 Å². The van der Waals surface area contributed by atoms with Gasteiger partial charge >= 0.3 is 5.97 Å². The van der Waals surface area contributed by atoms with Gasteiger partial charge in [-0.2, -0.15) is 0 Å². The molecule has 4 nitrogen and oxygen atoms in total. The minimum Gasteiger partial charge on any atom is -0.479 e. The highest BCUT2D eigenvalue weighted by Gasteiger charge is 2.15. The van der Waals surface area contributed by atoms with Crippen molar-refractivity contribution in [1.29, 1.82) is 0 Å². The van der Waals surface area contributed by atoms with Crippen LogP contribution in [0.25, 0.3) is 0 Å². The van der Waals surface area contributed by atoms with E-state index in [-0.39, 0.29) is 6.61 Å². The van der Waals surface area contributed by atoms with Gasteiger partial charge in [-0.25, -0.2) is 4.79 Å².